The van der Waals surface area contributed by atoms with Crippen LogP contribution < -0.4 is 21.5 Å². The summed E-state index contributed by atoms with van der Waals surface area (Å²) in [6.45, 7) is 1.12. The van der Waals surface area contributed by atoms with Crippen LogP contribution in [0.25, 0.3) is 0 Å². The Bertz CT molecular complexity index is 436. The number of carbonyl (C=O) groups is 2. The number of nitrogens with one attached hydrogen (secondary N) is 1. The Balaban J connectivity index is 2.52. The van der Waals surface area contributed by atoms with E-state index in [9.17, 15) is 14.7 Å². The van der Waals surface area contributed by atoms with E-state index >= 15 is 0 Å². The first-order valence-electron chi connectivity index (χ1n) is 5.91. The normalized spacial score (nSPS) is 11.9. The predicted octanol–water partition coefficient (Wildman–Crippen LogP) is -2.41. The minimum absolute atomic E-state index is 0.148. The molecule has 0 unspecified atom stereocenters. The van der Waals surface area contributed by atoms with E-state index in [0.717, 1.165) is 0 Å². The summed E-state index contributed by atoms with van der Waals surface area (Å²) < 4.78 is 0. The molecule has 1 aromatic carbocycles. The second-order valence-electron chi connectivity index (χ2n) is 4.06. The molecule has 0 saturated heterocycles. The van der Waals surface area contributed by atoms with Gasteiger partial charge in [-0.2, -0.15) is 0 Å². The van der Waals surface area contributed by atoms with Crippen LogP contribution in [0.3, 0.4) is 0 Å². The number of aliphatic carboxylic acids is 1. The van der Waals surface area contributed by atoms with Crippen molar-refractivity contribution >= 4 is 29.2 Å². The first-order valence-corrected chi connectivity index (χ1v) is 6.29. The Morgan fingerprint density at radius 1 is 1.37 bits per heavy atom. The third kappa shape index (κ3) is 5.69. The maximum Gasteiger partial charge on any atom is 0.230 e. The minimum Gasteiger partial charge on any atom is -0.544 e. The van der Waals surface area contributed by atoms with Crippen molar-refractivity contribution in [3.63, 3.8) is 0 Å². The average Bonchev–Trinajstić information content (AvgIpc) is 2.37. The Labute approximate surface area is 115 Å². The molecule has 19 heavy (non-hydrogen) atoms. The van der Waals surface area contributed by atoms with Crippen molar-refractivity contribution in [1.82, 2.24) is 0 Å². The van der Waals surface area contributed by atoms with E-state index in [-0.39, 0.29) is 12.3 Å². The van der Waals surface area contributed by atoms with Gasteiger partial charge in [0.05, 0.1) is 12.4 Å². The van der Waals surface area contributed by atoms with Gasteiger partial charge in [-0.1, -0.05) is 11.6 Å². The number of rotatable bonds is 7. The van der Waals surface area contributed by atoms with Gasteiger partial charge in [0.15, 0.2) is 0 Å². The van der Waals surface area contributed by atoms with Crippen molar-refractivity contribution in [2.75, 3.05) is 18.4 Å². The van der Waals surface area contributed by atoms with Crippen molar-refractivity contribution in [3.05, 3.63) is 29.3 Å². The lowest BCUT2D eigenvalue weighted by molar-refractivity contribution is -0.695. The summed E-state index contributed by atoms with van der Waals surface area (Å²) in [5.41, 5.74) is 4.19. The first-order chi connectivity index (χ1) is 9.02. The molecule has 1 aromatic rings. The minimum atomic E-state index is -1.25. The highest BCUT2D eigenvalue weighted by atomic mass is 35.5. The molecule has 1 atom stereocenters. The number of halogens is 1. The van der Waals surface area contributed by atoms with Crippen LogP contribution in [0.1, 0.15) is 6.42 Å². The van der Waals surface area contributed by atoms with E-state index in [0.29, 0.717) is 23.8 Å². The number of anilines is 1. The molecule has 1 amide bonds. The number of carboxylic acid groups (broad SMARTS) is 1. The van der Waals surface area contributed by atoms with E-state index in [4.69, 9.17) is 11.6 Å². The summed E-state index contributed by atoms with van der Waals surface area (Å²) in [5, 5.41) is 15.6. The molecule has 0 aliphatic rings. The average molecular weight is 287 g/mol. The van der Waals surface area contributed by atoms with Crippen molar-refractivity contribution in [1.29, 1.82) is 0 Å². The van der Waals surface area contributed by atoms with Gasteiger partial charge >= 0.3 is 0 Å². The number of nitrogens with two attached hydrogens (primary N) is 1. The molecular weight excluding hydrogens is 270 g/mol. The Morgan fingerprint density at radius 3 is 2.53 bits per heavy atom. The van der Waals surface area contributed by atoms with Crippen LogP contribution in [0.2, 0.25) is 5.02 Å². The highest BCUT2D eigenvalue weighted by Gasteiger charge is 2.18. The monoisotopic (exact) mass is 286 g/mol. The first kappa shape index (κ1) is 15.4. The molecule has 6 nitrogen and oxygen atoms in total. The molecule has 0 aromatic heterocycles. The number of carboxylic acids is 1. The van der Waals surface area contributed by atoms with Crippen LogP contribution >= 0.6 is 11.6 Å². The van der Waals surface area contributed by atoms with Crippen molar-refractivity contribution in [2.45, 2.75) is 12.5 Å². The fourth-order valence-corrected chi connectivity index (χ4v) is 1.65. The van der Waals surface area contributed by atoms with E-state index in [2.05, 4.69) is 11.1 Å². The molecular formula is C12H17ClN3O3+. The van der Waals surface area contributed by atoms with Gasteiger partial charge in [-0.15, -0.1) is 0 Å². The lowest BCUT2D eigenvalue weighted by atomic mass is 10.2. The summed E-state index contributed by atoms with van der Waals surface area (Å²) in [6.07, 6.45) is -0.148. The van der Waals surface area contributed by atoms with Crippen molar-refractivity contribution in [2.24, 2.45) is 0 Å². The van der Waals surface area contributed by atoms with Crippen LogP contribution in [-0.2, 0) is 9.59 Å². The molecule has 0 heterocycles. The Hall–Kier alpha value is -1.63. The maximum atomic E-state index is 11.7. The van der Waals surface area contributed by atoms with Crippen LogP contribution in [0.4, 0.5) is 5.69 Å². The molecule has 0 fully saturated rings. The van der Waals surface area contributed by atoms with Gasteiger partial charge in [0.25, 0.3) is 0 Å². The second-order valence-corrected chi connectivity index (χ2v) is 4.50. The Kier molecular flexibility index (Phi) is 6.27. The molecule has 6 N–H and O–H groups in total. The lowest BCUT2D eigenvalue weighted by Crippen LogP contribution is -2.95. The second kappa shape index (κ2) is 7.73. The maximum absolute atomic E-state index is 11.7. The SMILES string of the molecule is [NH3+]CC[NH2+][C@H](CC(=O)Nc1ccc(Cl)cc1)C(=O)[O-]. The summed E-state index contributed by atoms with van der Waals surface area (Å²) >= 11 is 5.72. The quantitative estimate of drug-likeness (QED) is 0.519. The molecule has 1 rings (SSSR count). The van der Waals surface area contributed by atoms with Crippen LogP contribution in [0, 0.1) is 0 Å². The van der Waals surface area contributed by atoms with Gasteiger partial charge in [0.2, 0.25) is 5.91 Å². The Morgan fingerprint density at radius 2 is 2.00 bits per heavy atom. The molecule has 0 radical (unpaired) electrons. The highest BCUT2D eigenvalue weighted by Crippen LogP contribution is 2.13. The van der Waals surface area contributed by atoms with Gasteiger partial charge in [0, 0.05) is 10.7 Å². The third-order valence-corrected chi connectivity index (χ3v) is 2.74. The number of benzene rings is 1. The van der Waals surface area contributed by atoms with Gasteiger partial charge in [-0.3, -0.25) is 4.79 Å². The molecule has 0 aliphatic heterocycles. The summed E-state index contributed by atoms with van der Waals surface area (Å²) in [5.74, 6) is -1.63. The van der Waals surface area contributed by atoms with Crippen LogP contribution in [0.5, 0.6) is 0 Å². The summed E-state index contributed by atoms with van der Waals surface area (Å²) in [4.78, 5) is 22.6. The van der Waals surface area contributed by atoms with E-state index in [1.807, 2.05) is 0 Å². The number of amides is 1. The zero-order chi connectivity index (χ0) is 14.3. The number of hydrogen-bond donors (Lipinski definition) is 3. The fourth-order valence-electron chi connectivity index (χ4n) is 1.53. The number of hydrogen-bond acceptors (Lipinski definition) is 3. The molecule has 0 spiro atoms. The summed E-state index contributed by atoms with van der Waals surface area (Å²) in [7, 11) is 0. The van der Waals surface area contributed by atoms with Gasteiger partial charge in [-0.25, -0.2) is 0 Å². The highest BCUT2D eigenvalue weighted by molar-refractivity contribution is 6.30. The van der Waals surface area contributed by atoms with Gasteiger partial charge in [-0.05, 0) is 24.3 Å². The zero-order valence-corrected chi connectivity index (χ0v) is 11.2. The van der Waals surface area contributed by atoms with Crippen molar-refractivity contribution in [3.8, 4) is 0 Å². The number of quaternary nitrogens is 2. The van der Waals surface area contributed by atoms with Crippen LogP contribution in [0.15, 0.2) is 24.3 Å². The predicted molar refractivity (Wildman–Crippen MR) is 68.0 cm³/mol. The fraction of sp³-hybridized carbons (Fsp3) is 0.333. The molecule has 0 saturated carbocycles. The zero-order valence-electron chi connectivity index (χ0n) is 10.4. The summed E-state index contributed by atoms with van der Waals surface area (Å²) in [6, 6.07) is 5.68. The van der Waals surface area contributed by atoms with E-state index < -0.39 is 12.0 Å². The molecule has 0 aliphatic carbocycles. The topological polar surface area (TPSA) is 113 Å². The van der Waals surface area contributed by atoms with Crippen LogP contribution in [-0.4, -0.2) is 31.0 Å². The molecule has 104 valence electrons. The largest absolute Gasteiger partial charge is 0.544 e. The number of carbonyl (C=O) groups excluding carboxylic acids is 2. The van der Waals surface area contributed by atoms with E-state index in [1.165, 1.54) is 0 Å². The standard InChI is InChI=1S/C12H16ClN3O3/c13-8-1-3-9(4-2-8)16-11(17)7-10(12(18)19)15-6-5-14/h1-4,10,15H,5-7,14H2,(H,16,17)(H,18,19)/p+1/t10-/m1/s1. The lowest BCUT2D eigenvalue weighted by Gasteiger charge is -2.15. The van der Waals surface area contributed by atoms with E-state index in [1.54, 1.807) is 29.6 Å². The smallest absolute Gasteiger partial charge is 0.230 e. The van der Waals surface area contributed by atoms with Gasteiger partial charge < -0.3 is 26.3 Å². The third-order valence-electron chi connectivity index (χ3n) is 2.49. The molecule has 0 bridgehead atoms. The molecule has 7 heteroatoms. The van der Waals surface area contributed by atoms with Gasteiger partial charge in [0.1, 0.15) is 19.1 Å². The van der Waals surface area contributed by atoms with Crippen molar-refractivity contribution < 1.29 is 25.7 Å².